The summed E-state index contributed by atoms with van der Waals surface area (Å²) in [5.41, 5.74) is 6.70. The number of ether oxygens (including phenoxy) is 1. The van der Waals surface area contributed by atoms with Crippen LogP contribution in [-0.4, -0.2) is 23.6 Å². The van der Waals surface area contributed by atoms with Gasteiger partial charge in [-0.25, -0.2) is 14.4 Å². The largest absolute Gasteiger partial charge is 0.496 e. The normalized spacial score (nSPS) is 10.4. The third kappa shape index (κ3) is 2.62. The van der Waals surface area contributed by atoms with E-state index in [0.717, 1.165) is 0 Å². The molecule has 0 aliphatic carbocycles. The van der Waals surface area contributed by atoms with Crippen molar-refractivity contribution < 1.29 is 9.13 Å². The van der Waals surface area contributed by atoms with E-state index in [9.17, 15) is 4.39 Å². The minimum absolute atomic E-state index is 0.329. The summed E-state index contributed by atoms with van der Waals surface area (Å²) in [5, 5.41) is 0. The van der Waals surface area contributed by atoms with E-state index in [1.807, 2.05) is 0 Å². The molecule has 1 heterocycles. The first-order valence-electron chi connectivity index (χ1n) is 5.60. The summed E-state index contributed by atoms with van der Waals surface area (Å²) < 4.78 is 18.5. The van der Waals surface area contributed by atoms with Crippen LogP contribution in [0.2, 0.25) is 0 Å². The molecular weight excluding hydrogens is 233 g/mol. The van der Waals surface area contributed by atoms with Crippen molar-refractivity contribution in [1.82, 2.24) is 9.97 Å². The molecule has 2 rings (SSSR count). The van der Waals surface area contributed by atoms with E-state index in [4.69, 9.17) is 10.5 Å². The molecule has 18 heavy (non-hydrogen) atoms. The molecule has 0 bridgehead atoms. The summed E-state index contributed by atoms with van der Waals surface area (Å²) in [4.78, 5) is 8.45. The van der Waals surface area contributed by atoms with Gasteiger partial charge in [-0.05, 0) is 30.8 Å². The van der Waals surface area contributed by atoms with Gasteiger partial charge in [0.05, 0.1) is 12.8 Å². The van der Waals surface area contributed by atoms with Crippen molar-refractivity contribution in [2.24, 2.45) is 5.73 Å². The lowest BCUT2D eigenvalue weighted by Crippen LogP contribution is -2.06. The van der Waals surface area contributed by atoms with Gasteiger partial charge in [-0.2, -0.15) is 0 Å². The zero-order valence-corrected chi connectivity index (χ0v) is 10.1. The lowest BCUT2D eigenvalue weighted by Gasteiger charge is -2.08. The second-order valence-electron chi connectivity index (χ2n) is 3.74. The van der Waals surface area contributed by atoms with Gasteiger partial charge >= 0.3 is 0 Å². The van der Waals surface area contributed by atoms with Gasteiger partial charge in [0, 0.05) is 18.2 Å². The molecule has 1 aromatic heterocycles. The Morgan fingerprint density at radius 3 is 2.89 bits per heavy atom. The van der Waals surface area contributed by atoms with Gasteiger partial charge in [-0.3, -0.25) is 0 Å². The van der Waals surface area contributed by atoms with E-state index in [1.165, 1.54) is 12.1 Å². The van der Waals surface area contributed by atoms with E-state index >= 15 is 0 Å². The smallest absolute Gasteiger partial charge is 0.130 e. The van der Waals surface area contributed by atoms with Crippen molar-refractivity contribution in [1.29, 1.82) is 0 Å². The molecule has 0 saturated carbocycles. The van der Waals surface area contributed by atoms with E-state index in [1.54, 1.807) is 25.4 Å². The minimum Gasteiger partial charge on any atom is -0.496 e. The summed E-state index contributed by atoms with van der Waals surface area (Å²) in [6.07, 6.45) is 2.23. The zero-order chi connectivity index (χ0) is 13.0. The van der Waals surface area contributed by atoms with Crippen molar-refractivity contribution in [3.8, 4) is 17.0 Å². The summed E-state index contributed by atoms with van der Waals surface area (Å²) in [6, 6.07) is 6.05. The van der Waals surface area contributed by atoms with Crippen LogP contribution in [0.25, 0.3) is 11.3 Å². The average Bonchev–Trinajstić information content (AvgIpc) is 2.39. The molecule has 0 fully saturated rings. The highest BCUT2D eigenvalue weighted by Crippen LogP contribution is 2.28. The Bertz CT molecular complexity index is 546. The van der Waals surface area contributed by atoms with Crippen molar-refractivity contribution in [3.05, 3.63) is 42.1 Å². The lowest BCUT2D eigenvalue weighted by atomic mass is 10.1. The van der Waals surface area contributed by atoms with Crippen LogP contribution < -0.4 is 10.5 Å². The Morgan fingerprint density at radius 1 is 1.33 bits per heavy atom. The van der Waals surface area contributed by atoms with Gasteiger partial charge in [0.25, 0.3) is 0 Å². The second kappa shape index (κ2) is 5.55. The molecule has 0 amide bonds. The number of benzene rings is 1. The average molecular weight is 247 g/mol. The fourth-order valence-corrected chi connectivity index (χ4v) is 1.68. The Kier molecular flexibility index (Phi) is 3.84. The second-order valence-corrected chi connectivity index (χ2v) is 3.74. The van der Waals surface area contributed by atoms with Crippen LogP contribution in [0.5, 0.6) is 5.75 Å². The quantitative estimate of drug-likeness (QED) is 0.894. The van der Waals surface area contributed by atoms with Crippen LogP contribution in [0.4, 0.5) is 4.39 Å². The molecule has 4 nitrogen and oxygen atoms in total. The highest BCUT2D eigenvalue weighted by atomic mass is 19.1. The molecule has 0 aliphatic rings. The molecule has 0 radical (unpaired) electrons. The van der Waals surface area contributed by atoms with Gasteiger partial charge in [0.1, 0.15) is 17.4 Å². The van der Waals surface area contributed by atoms with E-state index < -0.39 is 0 Å². The third-order valence-corrected chi connectivity index (χ3v) is 2.51. The number of hydrogen-bond acceptors (Lipinski definition) is 4. The molecule has 0 spiro atoms. The highest BCUT2D eigenvalue weighted by Gasteiger charge is 2.09. The number of hydrogen-bond donors (Lipinski definition) is 1. The molecular formula is C13H14FN3O. The molecule has 0 saturated heterocycles. The number of aromatic nitrogens is 2. The number of nitrogens with zero attached hydrogens (tertiary/aromatic N) is 2. The number of methoxy groups -OCH3 is 1. The maximum atomic E-state index is 13.3. The number of rotatable bonds is 4. The summed E-state index contributed by atoms with van der Waals surface area (Å²) in [6.45, 7) is 0.476. The highest BCUT2D eigenvalue weighted by molar-refractivity contribution is 5.66. The first-order valence-corrected chi connectivity index (χ1v) is 5.60. The monoisotopic (exact) mass is 247 g/mol. The van der Waals surface area contributed by atoms with Crippen LogP contribution >= 0.6 is 0 Å². The summed E-state index contributed by atoms with van der Waals surface area (Å²) in [5.74, 6) is 0.889. The predicted molar refractivity (Wildman–Crippen MR) is 66.7 cm³/mol. The Labute approximate surface area is 105 Å². The van der Waals surface area contributed by atoms with Crippen molar-refractivity contribution in [2.45, 2.75) is 6.42 Å². The van der Waals surface area contributed by atoms with Gasteiger partial charge in [0.2, 0.25) is 0 Å². The van der Waals surface area contributed by atoms with E-state index in [2.05, 4.69) is 9.97 Å². The molecule has 94 valence electrons. The molecule has 2 N–H and O–H groups in total. The molecule has 5 heteroatoms. The van der Waals surface area contributed by atoms with Gasteiger partial charge in [0.15, 0.2) is 0 Å². The van der Waals surface area contributed by atoms with Crippen molar-refractivity contribution >= 4 is 0 Å². The van der Waals surface area contributed by atoms with E-state index in [-0.39, 0.29) is 5.82 Å². The zero-order valence-electron chi connectivity index (χ0n) is 10.1. The standard InChI is InChI=1S/C13H14FN3O/c1-18-12-3-2-9(14)8-10(12)11-5-7-16-13(17-11)4-6-15/h2-3,5,7-8H,4,6,15H2,1H3. The Morgan fingerprint density at radius 2 is 2.17 bits per heavy atom. The Balaban J connectivity index is 2.47. The third-order valence-electron chi connectivity index (χ3n) is 2.51. The van der Waals surface area contributed by atoms with Crippen molar-refractivity contribution in [3.63, 3.8) is 0 Å². The fourth-order valence-electron chi connectivity index (χ4n) is 1.68. The summed E-state index contributed by atoms with van der Waals surface area (Å²) in [7, 11) is 1.54. The SMILES string of the molecule is COc1ccc(F)cc1-c1ccnc(CCN)n1. The van der Waals surface area contributed by atoms with E-state index in [0.29, 0.717) is 35.8 Å². The van der Waals surface area contributed by atoms with Crippen LogP contribution in [-0.2, 0) is 6.42 Å². The number of halogens is 1. The summed E-state index contributed by atoms with van der Waals surface area (Å²) >= 11 is 0. The predicted octanol–water partition coefficient (Wildman–Crippen LogP) is 1.79. The van der Waals surface area contributed by atoms with Gasteiger partial charge in [-0.1, -0.05) is 0 Å². The fraction of sp³-hybridized carbons (Fsp3) is 0.231. The molecule has 2 aromatic rings. The van der Waals surface area contributed by atoms with Gasteiger partial charge in [-0.15, -0.1) is 0 Å². The van der Waals surface area contributed by atoms with Crippen molar-refractivity contribution in [2.75, 3.05) is 13.7 Å². The van der Waals surface area contributed by atoms with Crippen LogP contribution in [0.3, 0.4) is 0 Å². The molecule has 0 unspecified atom stereocenters. The lowest BCUT2D eigenvalue weighted by molar-refractivity contribution is 0.415. The maximum absolute atomic E-state index is 13.3. The first kappa shape index (κ1) is 12.4. The Hall–Kier alpha value is -2.01. The van der Waals surface area contributed by atoms with Crippen LogP contribution in [0, 0.1) is 5.82 Å². The molecule has 0 aliphatic heterocycles. The van der Waals surface area contributed by atoms with Gasteiger partial charge < -0.3 is 10.5 Å². The topological polar surface area (TPSA) is 61.0 Å². The molecule has 0 atom stereocenters. The molecule has 1 aromatic carbocycles. The van der Waals surface area contributed by atoms with Crippen LogP contribution in [0.15, 0.2) is 30.5 Å². The maximum Gasteiger partial charge on any atom is 0.130 e. The minimum atomic E-state index is -0.329. The van der Waals surface area contributed by atoms with Crippen LogP contribution in [0.1, 0.15) is 5.82 Å². The first-order chi connectivity index (χ1) is 8.74. The number of nitrogens with two attached hydrogens (primary N) is 1.